The van der Waals surface area contributed by atoms with Gasteiger partial charge in [-0.2, -0.15) is 13.2 Å². The van der Waals surface area contributed by atoms with Crippen molar-refractivity contribution in [3.8, 4) is 0 Å². The summed E-state index contributed by atoms with van der Waals surface area (Å²) in [4.78, 5) is 22.8. The molecule has 136 valence electrons. The van der Waals surface area contributed by atoms with Crippen LogP contribution < -0.4 is 10.6 Å². The van der Waals surface area contributed by atoms with Gasteiger partial charge < -0.3 is 10.6 Å². The van der Waals surface area contributed by atoms with Crippen molar-refractivity contribution in [1.82, 2.24) is 5.32 Å². The molecule has 2 aromatic rings. The van der Waals surface area contributed by atoms with Crippen LogP contribution in [-0.4, -0.2) is 18.0 Å². The molecule has 0 atom stereocenters. The highest BCUT2D eigenvalue weighted by molar-refractivity contribution is 9.10. The normalized spacial score (nSPS) is 11.4. The summed E-state index contributed by atoms with van der Waals surface area (Å²) in [6.07, 6.45) is -1.96. The van der Waals surface area contributed by atoms with E-state index in [4.69, 9.17) is 0 Å². The lowest BCUT2D eigenvalue weighted by atomic mass is 10.2. The van der Waals surface area contributed by atoms with Gasteiger partial charge in [0, 0.05) is 22.8 Å². The van der Waals surface area contributed by atoms with Gasteiger partial charge in [0.1, 0.15) is 0 Å². The van der Waals surface area contributed by atoms with Crippen LogP contribution in [0.5, 0.6) is 0 Å². The van der Waals surface area contributed by atoms with E-state index in [9.17, 15) is 22.8 Å². The summed E-state index contributed by atoms with van der Waals surface area (Å²) in [6, 6.07) is 13.2. The lowest BCUT2D eigenvalue weighted by molar-refractivity contribution is -0.167. The first-order valence-corrected chi connectivity index (χ1v) is 8.22. The smallest absolute Gasteiger partial charge is 0.348 e. The third-order valence-electron chi connectivity index (χ3n) is 3.21. The molecule has 2 N–H and O–H groups in total. The molecule has 2 aromatic carbocycles. The molecule has 0 aromatic heterocycles. The lowest BCUT2D eigenvalue weighted by Crippen LogP contribution is -2.30. The first-order chi connectivity index (χ1) is 12.2. The summed E-state index contributed by atoms with van der Waals surface area (Å²) in [6.45, 7) is 0.110. The summed E-state index contributed by atoms with van der Waals surface area (Å²) in [5.74, 6) is -2.39. The van der Waals surface area contributed by atoms with Gasteiger partial charge in [-0.15, -0.1) is 0 Å². The summed E-state index contributed by atoms with van der Waals surface area (Å²) >= 11 is 3.32. The van der Waals surface area contributed by atoms with Gasteiger partial charge in [-0.1, -0.05) is 40.2 Å². The maximum absolute atomic E-state index is 12.3. The summed E-state index contributed by atoms with van der Waals surface area (Å²) < 4.78 is 37.7. The van der Waals surface area contributed by atoms with Crippen molar-refractivity contribution < 1.29 is 22.8 Å². The van der Waals surface area contributed by atoms with Crippen molar-refractivity contribution in [1.29, 1.82) is 0 Å². The van der Waals surface area contributed by atoms with E-state index in [0.717, 1.165) is 10.0 Å². The second-order valence-corrected chi connectivity index (χ2v) is 6.17. The third kappa shape index (κ3) is 6.36. The van der Waals surface area contributed by atoms with Crippen molar-refractivity contribution in [2.45, 2.75) is 12.7 Å². The highest BCUT2D eigenvalue weighted by Gasteiger charge is 2.38. The Morgan fingerprint density at radius 1 is 1.08 bits per heavy atom. The molecule has 2 rings (SSSR count). The molecule has 0 aliphatic rings. The number of hydrogen-bond donors (Lipinski definition) is 2. The number of carbonyl (C=O) groups is 2. The minimum Gasteiger partial charge on any atom is -0.348 e. The number of benzene rings is 2. The number of nitrogens with one attached hydrogen (secondary N) is 2. The molecule has 0 heterocycles. The molecule has 0 saturated heterocycles. The Kier molecular flexibility index (Phi) is 6.57. The zero-order valence-corrected chi connectivity index (χ0v) is 14.9. The fraction of sp³-hybridized carbons (Fsp3) is 0.111. The molecule has 0 spiro atoms. The van der Waals surface area contributed by atoms with Crippen LogP contribution in [0.25, 0.3) is 6.08 Å². The van der Waals surface area contributed by atoms with E-state index < -0.39 is 12.1 Å². The Morgan fingerprint density at radius 2 is 1.77 bits per heavy atom. The Hall–Kier alpha value is -2.61. The molecular weight excluding hydrogens is 413 g/mol. The molecule has 0 bridgehead atoms. The van der Waals surface area contributed by atoms with E-state index in [-0.39, 0.29) is 18.1 Å². The second-order valence-electron chi connectivity index (χ2n) is 5.25. The van der Waals surface area contributed by atoms with E-state index in [2.05, 4.69) is 21.2 Å². The fourth-order valence-corrected chi connectivity index (χ4v) is 2.22. The molecular formula is C18H14BrF3N2O2. The Balaban J connectivity index is 1.90. The third-order valence-corrected chi connectivity index (χ3v) is 3.73. The largest absolute Gasteiger partial charge is 0.471 e. The Labute approximate surface area is 156 Å². The van der Waals surface area contributed by atoms with Crippen molar-refractivity contribution >= 4 is 39.5 Å². The summed E-state index contributed by atoms with van der Waals surface area (Å²) in [5.41, 5.74) is 1.40. The monoisotopic (exact) mass is 426 g/mol. The predicted octanol–water partition coefficient (Wildman–Crippen LogP) is 4.28. The molecule has 0 saturated carbocycles. The van der Waals surface area contributed by atoms with E-state index in [1.54, 1.807) is 17.5 Å². The van der Waals surface area contributed by atoms with Crippen LogP contribution in [0.1, 0.15) is 11.1 Å². The first-order valence-electron chi connectivity index (χ1n) is 7.42. The highest BCUT2D eigenvalue weighted by Crippen LogP contribution is 2.19. The second kappa shape index (κ2) is 8.66. The van der Waals surface area contributed by atoms with Crippen LogP contribution in [0.4, 0.5) is 18.9 Å². The number of hydrogen-bond acceptors (Lipinski definition) is 2. The van der Waals surface area contributed by atoms with Crippen molar-refractivity contribution in [3.05, 3.63) is 70.2 Å². The minimum atomic E-state index is -4.96. The van der Waals surface area contributed by atoms with Gasteiger partial charge >= 0.3 is 12.1 Å². The van der Waals surface area contributed by atoms with Gasteiger partial charge in [-0.3, -0.25) is 9.59 Å². The van der Waals surface area contributed by atoms with Crippen LogP contribution in [0.15, 0.2) is 59.1 Å². The average Bonchev–Trinajstić information content (AvgIpc) is 2.59. The molecule has 0 unspecified atom stereocenters. The lowest BCUT2D eigenvalue weighted by Gasteiger charge is -2.09. The fourth-order valence-electron chi connectivity index (χ4n) is 1.95. The molecule has 4 nitrogen and oxygen atoms in total. The van der Waals surface area contributed by atoms with E-state index in [1.807, 2.05) is 24.3 Å². The maximum atomic E-state index is 12.3. The summed E-state index contributed by atoms with van der Waals surface area (Å²) in [7, 11) is 0. The van der Waals surface area contributed by atoms with Gasteiger partial charge in [-0.05, 0) is 41.5 Å². The van der Waals surface area contributed by atoms with Gasteiger partial charge in [0.2, 0.25) is 5.91 Å². The number of alkyl halides is 3. The Morgan fingerprint density at radius 3 is 2.42 bits per heavy atom. The molecule has 2 amide bonds. The zero-order valence-electron chi connectivity index (χ0n) is 13.3. The van der Waals surface area contributed by atoms with Crippen LogP contribution in [0.2, 0.25) is 0 Å². The van der Waals surface area contributed by atoms with Crippen LogP contribution in [0, 0.1) is 0 Å². The SMILES string of the molecule is O=C(/C=C/c1ccc(Br)cc1)NCc1cccc(NC(=O)C(F)(F)F)c1. The molecule has 0 radical (unpaired) electrons. The van der Waals surface area contributed by atoms with Crippen LogP contribution in [0.3, 0.4) is 0 Å². The topological polar surface area (TPSA) is 58.2 Å². The van der Waals surface area contributed by atoms with E-state index in [0.29, 0.717) is 5.56 Å². The van der Waals surface area contributed by atoms with Crippen molar-refractivity contribution in [3.63, 3.8) is 0 Å². The van der Waals surface area contributed by atoms with Gasteiger partial charge in [0.25, 0.3) is 0 Å². The Bertz CT molecular complexity index is 818. The summed E-state index contributed by atoms with van der Waals surface area (Å²) in [5, 5.41) is 4.39. The zero-order chi connectivity index (χ0) is 19.2. The maximum Gasteiger partial charge on any atom is 0.471 e. The average molecular weight is 427 g/mol. The highest BCUT2D eigenvalue weighted by atomic mass is 79.9. The van der Waals surface area contributed by atoms with E-state index >= 15 is 0 Å². The minimum absolute atomic E-state index is 0.00415. The van der Waals surface area contributed by atoms with Crippen molar-refractivity contribution in [2.75, 3.05) is 5.32 Å². The van der Waals surface area contributed by atoms with Gasteiger partial charge in [-0.25, -0.2) is 0 Å². The van der Waals surface area contributed by atoms with Gasteiger partial charge in [0.05, 0.1) is 0 Å². The number of anilines is 1. The quantitative estimate of drug-likeness (QED) is 0.701. The molecule has 0 aliphatic heterocycles. The van der Waals surface area contributed by atoms with Gasteiger partial charge in [0.15, 0.2) is 0 Å². The first kappa shape index (κ1) is 19.7. The van der Waals surface area contributed by atoms with Crippen LogP contribution >= 0.6 is 15.9 Å². The number of rotatable bonds is 5. The molecule has 26 heavy (non-hydrogen) atoms. The number of carbonyl (C=O) groups excluding carboxylic acids is 2. The van der Waals surface area contributed by atoms with E-state index in [1.165, 1.54) is 24.3 Å². The number of amides is 2. The van der Waals surface area contributed by atoms with Crippen molar-refractivity contribution in [2.24, 2.45) is 0 Å². The number of halogens is 4. The molecule has 0 fully saturated rings. The predicted molar refractivity (Wildman–Crippen MR) is 96.1 cm³/mol. The molecule has 8 heteroatoms. The standard InChI is InChI=1S/C18H14BrF3N2O2/c19-14-7-4-12(5-8-14)6-9-16(25)23-11-13-2-1-3-15(10-13)24-17(26)18(20,21)22/h1-10H,11H2,(H,23,25)(H,24,26)/b9-6+. The molecule has 0 aliphatic carbocycles. The van der Waals surface area contributed by atoms with Crippen LogP contribution in [-0.2, 0) is 16.1 Å².